The monoisotopic (exact) mass is 302 g/mol. The first-order chi connectivity index (χ1) is 10.3. The molecule has 6 heteroatoms. The number of likely N-dealkylation sites (N-methyl/N-ethyl adjacent to an activating group) is 1. The second kappa shape index (κ2) is 6.22. The fourth-order valence-corrected chi connectivity index (χ4v) is 2.49. The van der Waals surface area contributed by atoms with Crippen molar-refractivity contribution < 1.29 is 9.53 Å². The van der Waals surface area contributed by atoms with E-state index in [9.17, 15) is 10.1 Å². The number of nitrogens with zero attached hydrogens (tertiary/aromatic N) is 4. The Bertz CT molecular complexity index is 589. The Morgan fingerprint density at radius 2 is 2.27 bits per heavy atom. The molecule has 1 aromatic heterocycles. The Hall–Kier alpha value is -2.29. The maximum absolute atomic E-state index is 12.1. The third-order valence-corrected chi connectivity index (χ3v) is 3.60. The van der Waals surface area contributed by atoms with Crippen molar-refractivity contribution in [2.75, 3.05) is 25.0 Å². The highest BCUT2D eigenvalue weighted by molar-refractivity contribution is 5.69. The van der Waals surface area contributed by atoms with Crippen LogP contribution in [-0.2, 0) is 4.74 Å². The molecule has 1 fully saturated rings. The first-order valence-corrected chi connectivity index (χ1v) is 7.37. The van der Waals surface area contributed by atoms with Crippen LogP contribution >= 0.6 is 0 Å². The van der Waals surface area contributed by atoms with Crippen LogP contribution in [0.3, 0.4) is 0 Å². The SMILES string of the molecule is CN(c1ncccc1C#N)[C@H]1CCN(C(=O)OC(C)(C)C)C1. The Kier molecular flexibility index (Phi) is 4.55. The average Bonchev–Trinajstić information content (AvgIpc) is 2.94. The summed E-state index contributed by atoms with van der Waals surface area (Å²) in [4.78, 5) is 20.1. The standard InChI is InChI=1S/C16H22N4O2/c1-16(2,3)22-15(21)20-9-7-13(11-20)19(4)14-12(10-17)6-5-8-18-14/h5-6,8,13H,7,9,11H2,1-4H3/t13-/m0/s1. The van der Waals surface area contributed by atoms with E-state index < -0.39 is 5.60 Å². The van der Waals surface area contributed by atoms with Gasteiger partial charge in [0.15, 0.2) is 0 Å². The molecule has 0 bridgehead atoms. The second-order valence-corrected chi connectivity index (χ2v) is 6.47. The summed E-state index contributed by atoms with van der Waals surface area (Å²) >= 11 is 0. The summed E-state index contributed by atoms with van der Waals surface area (Å²) in [5.74, 6) is 0.654. The molecule has 0 unspecified atom stereocenters. The number of pyridine rings is 1. The molecule has 1 atom stereocenters. The molecule has 0 saturated carbocycles. The van der Waals surface area contributed by atoms with E-state index in [4.69, 9.17) is 4.74 Å². The van der Waals surface area contributed by atoms with E-state index in [-0.39, 0.29) is 12.1 Å². The zero-order valence-electron chi connectivity index (χ0n) is 13.5. The number of anilines is 1. The van der Waals surface area contributed by atoms with Crippen molar-refractivity contribution in [1.82, 2.24) is 9.88 Å². The molecule has 0 N–H and O–H groups in total. The maximum atomic E-state index is 12.1. The van der Waals surface area contributed by atoms with Gasteiger partial charge in [0, 0.05) is 32.4 Å². The van der Waals surface area contributed by atoms with Gasteiger partial charge in [0.2, 0.25) is 0 Å². The first-order valence-electron chi connectivity index (χ1n) is 7.37. The Morgan fingerprint density at radius 3 is 2.91 bits per heavy atom. The fourth-order valence-electron chi connectivity index (χ4n) is 2.49. The van der Waals surface area contributed by atoms with Gasteiger partial charge < -0.3 is 14.5 Å². The van der Waals surface area contributed by atoms with Gasteiger partial charge in [0.05, 0.1) is 5.56 Å². The smallest absolute Gasteiger partial charge is 0.410 e. The van der Waals surface area contributed by atoms with Crippen molar-refractivity contribution in [2.45, 2.75) is 38.8 Å². The summed E-state index contributed by atoms with van der Waals surface area (Å²) in [6, 6.07) is 5.79. The van der Waals surface area contributed by atoms with Crippen molar-refractivity contribution in [1.29, 1.82) is 5.26 Å². The molecule has 2 heterocycles. The number of amides is 1. The van der Waals surface area contributed by atoms with E-state index in [2.05, 4.69) is 11.1 Å². The lowest BCUT2D eigenvalue weighted by Crippen LogP contribution is -2.39. The Morgan fingerprint density at radius 1 is 1.55 bits per heavy atom. The molecular weight excluding hydrogens is 280 g/mol. The highest BCUT2D eigenvalue weighted by atomic mass is 16.6. The summed E-state index contributed by atoms with van der Waals surface area (Å²) < 4.78 is 5.40. The average molecular weight is 302 g/mol. The topological polar surface area (TPSA) is 69.5 Å². The molecule has 1 saturated heterocycles. The number of carbonyl (C=O) groups is 1. The van der Waals surface area contributed by atoms with Crippen LogP contribution in [0.15, 0.2) is 18.3 Å². The van der Waals surface area contributed by atoms with E-state index in [1.165, 1.54) is 0 Å². The van der Waals surface area contributed by atoms with Gasteiger partial charge in [-0.25, -0.2) is 9.78 Å². The van der Waals surface area contributed by atoms with Gasteiger partial charge in [-0.05, 0) is 39.3 Å². The number of hydrogen-bond acceptors (Lipinski definition) is 5. The maximum Gasteiger partial charge on any atom is 0.410 e. The van der Waals surface area contributed by atoms with Crippen LogP contribution in [0.1, 0.15) is 32.8 Å². The lowest BCUT2D eigenvalue weighted by molar-refractivity contribution is 0.0292. The summed E-state index contributed by atoms with van der Waals surface area (Å²) in [6.07, 6.45) is 2.22. The Balaban J connectivity index is 2.04. The molecule has 1 amide bonds. The van der Waals surface area contributed by atoms with Gasteiger partial charge in [0.1, 0.15) is 17.5 Å². The lowest BCUT2D eigenvalue weighted by Gasteiger charge is -2.27. The molecule has 1 aliphatic heterocycles. The van der Waals surface area contributed by atoms with Gasteiger partial charge >= 0.3 is 6.09 Å². The third kappa shape index (κ3) is 3.67. The van der Waals surface area contributed by atoms with Gasteiger partial charge in [-0.3, -0.25) is 0 Å². The zero-order valence-corrected chi connectivity index (χ0v) is 13.5. The molecule has 22 heavy (non-hydrogen) atoms. The van der Waals surface area contributed by atoms with E-state index in [1.54, 1.807) is 23.2 Å². The summed E-state index contributed by atoms with van der Waals surface area (Å²) in [7, 11) is 1.91. The third-order valence-electron chi connectivity index (χ3n) is 3.60. The van der Waals surface area contributed by atoms with Crippen LogP contribution in [0.25, 0.3) is 0 Å². The quantitative estimate of drug-likeness (QED) is 0.839. The van der Waals surface area contributed by atoms with Gasteiger partial charge in [-0.15, -0.1) is 0 Å². The molecule has 2 rings (SSSR count). The van der Waals surface area contributed by atoms with Crippen LogP contribution in [0.4, 0.5) is 10.6 Å². The summed E-state index contributed by atoms with van der Waals surface area (Å²) in [5.41, 5.74) is 0.0523. The molecule has 0 spiro atoms. The second-order valence-electron chi connectivity index (χ2n) is 6.47. The van der Waals surface area contributed by atoms with Crippen LogP contribution in [-0.4, -0.2) is 47.8 Å². The Labute approximate surface area is 131 Å². The number of aromatic nitrogens is 1. The predicted octanol–water partition coefficient (Wildman–Crippen LogP) is 2.40. The van der Waals surface area contributed by atoms with Crippen molar-refractivity contribution in [2.24, 2.45) is 0 Å². The van der Waals surface area contributed by atoms with Crippen LogP contribution in [0, 0.1) is 11.3 Å². The zero-order chi connectivity index (χ0) is 16.3. The van der Waals surface area contributed by atoms with Crippen LogP contribution in [0.2, 0.25) is 0 Å². The number of rotatable bonds is 2. The minimum absolute atomic E-state index is 0.134. The van der Waals surface area contributed by atoms with Crippen LogP contribution in [0.5, 0.6) is 0 Å². The summed E-state index contributed by atoms with van der Waals surface area (Å²) in [6.45, 7) is 6.80. The normalized spacial score (nSPS) is 18.0. The highest BCUT2D eigenvalue weighted by Gasteiger charge is 2.32. The van der Waals surface area contributed by atoms with Crippen LogP contribution < -0.4 is 4.90 Å². The predicted molar refractivity (Wildman–Crippen MR) is 83.6 cm³/mol. The minimum Gasteiger partial charge on any atom is -0.444 e. The number of likely N-dealkylation sites (tertiary alicyclic amines) is 1. The van der Waals surface area contributed by atoms with Gasteiger partial charge in [0.25, 0.3) is 0 Å². The van der Waals surface area contributed by atoms with E-state index in [1.807, 2.05) is 32.7 Å². The van der Waals surface area contributed by atoms with Gasteiger partial charge in [-0.1, -0.05) is 0 Å². The fraction of sp³-hybridized carbons (Fsp3) is 0.562. The summed E-state index contributed by atoms with van der Waals surface area (Å²) in [5, 5.41) is 9.18. The number of ether oxygens (including phenoxy) is 1. The lowest BCUT2D eigenvalue weighted by atomic mass is 10.2. The molecule has 6 nitrogen and oxygen atoms in total. The van der Waals surface area contributed by atoms with E-state index >= 15 is 0 Å². The largest absolute Gasteiger partial charge is 0.444 e. The van der Waals surface area contributed by atoms with E-state index in [0.717, 1.165) is 6.42 Å². The van der Waals surface area contributed by atoms with E-state index in [0.29, 0.717) is 24.5 Å². The van der Waals surface area contributed by atoms with Gasteiger partial charge in [-0.2, -0.15) is 5.26 Å². The molecule has 0 radical (unpaired) electrons. The molecule has 0 aliphatic carbocycles. The molecule has 118 valence electrons. The highest BCUT2D eigenvalue weighted by Crippen LogP contribution is 2.23. The van der Waals surface area contributed by atoms with Crippen molar-refractivity contribution >= 4 is 11.9 Å². The number of hydrogen-bond donors (Lipinski definition) is 0. The molecule has 1 aromatic rings. The number of carbonyl (C=O) groups excluding carboxylic acids is 1. The van der Waals surface area contributed by atoms with Crippen molar-refractivity contribution in [3.8, 4) is 6.07 Å². The molecule has 0 aromatic carbocycles. The van der Waals surface area contributed by atoms with Crippen molar-refractivity contribution in [3.05, 3.63) is 23.9 Å². The number of nitriles is 1. The van der Waals surface area contributed by atoms with Crippen molar-refractivity contribution in [3.63, 3.8) is 0 Å². The molecule has 1 aliphatic rings. The first kappa shape index (κ1) is 16.1. The minimum atomic E-state index is -0.490. The molecular formula is C16H22N4O2.